The lowest BCUT2D eigenvalue weighted by Crippen LogP contribution is -2.16. The topological polar surface area (TPSA) is 97.2 Å². The highest BCUT2D eigenvalue weighted by atomic mass is 16.6. The molecule has 0 saturated carbocycles. The van der Waals surface area contributed by atoms with Crippen molar-refractivity contribution in [2.75, 3.05) is 10.6 Å². The van der Waals surface area contributed by atoms with E-state index in [0.29, 0.717) is 11.3 Å². The van der Waals surface area contributed by atoms with Gasteiger partial charge in [-0.05, 0) is 26.0 Å². The van der Waals surface area contributed by atoms with Crippen LogP contribution in [0.4, 0.5) is 17.2 Å². The van der Waals surface area contributed by atoms with Gasteiger partial charge in [-0.1, -0.05) is 18.2 Å². The maximum Gasteiger partial charge on any atom is 0.273 e. The van der Waals surface area contributed by atoms with E-state index in [1.807, 2.05) is 13.8 Å². The summed E-state index contributed by atoms with van der Waals surface area (Å²) in [6, 6.07) is 9.96. The van der Waals surface area contributed by atoms with Crippen LogP contribution in [0.25, 0.3) is 0 Å². The normalized spacial score (nSPS) is 10.4. The molecule has 1 amide bonds. The average molecular weight is 314 g/mol. The van der Waals surface area contributed by atoms with Crippen LogP contribution in [-0.4, -0.2) is 21.9 Å². The highest BCUT2D eigenvalue weighted by Gasteiger charge is 2.15. The number of anilines is 2. The van der Waals surface area contributed by atoms with E-state index >= 15 is 0 Å². The summed E-state index contributed by atoms with van der Waals surface area (Å²) in [6.45, 7) is 4.01. The van der Waals surface area contributed by atoms with Gasteiger partial charge < -0.3 is 10.6 Å². The summed E-state index contributed by atoms with van der Waals surface area (Å²) >= 11 is 0. The first-order chi connectivity index (χ1) is 11.0. The monoisotopic (exact) mass is 314 g/mol. The van der Waals surface area contributed by atoms with E-state index in [1.54, 1.807) is 36.5 Å². The molecule has 0 radical (unpaired) electrons. The van der Waals surface area contributed by atoms with Gasteiger partial charge in [-0.2, -0.15) is 0 Å². The van der Waals surface area contributed by atoms with Crippen LogP contribution in [-0.2, 0) is 11.2 Å². The van der Waals surface area contributed by atoms with Crippen LogP contribution in [0.5, 0.6) is 0 Å². The number of nitrogens with one attached hydrogen (secondary N) is 2. The van der Waals surface area contributed by atoms with Crippen molar-refractivity contribution in [2.24, 2.45) is 0 Å². The number of amides is 1. The van der Waals surface area contributed by atoms with Crippen molar-refractivity contribution in [3.05, 3.63) is 58.3 Å². The Labute approximate surface area is 133 Å². The summed E-state index contributed by atoms with van der Waals surface area (Å²) < 4.78 is 0. The van der Waals surface area contributed by atoms with Crippen molar-refractivity contribution >= 4 is 23.1 Å². The lowest BCUT2D eigenvalue weighted by Gasteiger charge is -2.10. The number of nitro groups is 1. The first-order valence-corrected chi connectivity index (χ1v) is 7.20. The van der Waals surface area contributed by atoms with Gasteiger partial charge in [-0.15, -0.1) is 0 Å². The fourth-order valence-corrected chi connectivity index (χ4v) is 2.07. The van der Waals surface area contributed by atoms with Crippen LogP contribution in [0.15, 0.2) is 42.6 Å². The Morgan fingerprint density at radius 1 is 1.26 bits per heavy atom. The third-order valence-electron chi connectivity index (χ3n) is 3.02. The van der Waals surface area contributed by atoms with Crippen LogP contribution < -0.4 is 10.6 Å². The average Bonchev–Trinajstić information content (AvgIpc) is 2.49. The number of carbonyl (C=O) groups excluding carboxylic acids is 1. The van der Waals surface area contributed by atoms with E-state index in [0.717, 1.165) is 5.82 Å². The first kappa shape index (κ1) is 16.4. The molecule has 0 aliphatic rings. The second-order valence-corrected chi connectivity index (χ2v) is 5.34. The molecule has 23 heavy (non-hydrogen) atoms. The van der Waals surface area contributed by atoms with Crippen molar-refractivity contribution in [3.8, 4) is 0 Å². The Hall–Kier alpha value is -2.96. The molecule has 2 aromatic rings. The van der Waals surface area contributed by atoms with E-state index < -0.39 is 4.92 Å². The van der Waals surface area contributed by atoms with Gasteiger partial charge in [0, 0.05) is 17.7 Å². The summed E-state index contributed by atoms with van der Waals surface area (Å²) in [5, 5.41) is 16.8. The number of benzene rings is 1. The molecule has 0 atom stereocenters. The molecule has 7 nitrogen and oxygen atoms in total. The molecule has 0 spiro atoms. The summed E-state index contributed by atoms with van der Waals surface area (Å²) in [7, 11) is 0. The Morgan fingerprint density at radius 2 is 2.00 bits per heavy atom. The maximum atomic E-state index is 12.0. The second kappa shape index (κ2) is 7.35. The molecule has 2 N–H and O–H groups in total. The van der Waals surface area contributed by atoms with Crippen LogP contribution in [0.2, 0.25) is 0 Å². The van der Waals surface area contributed by atoms with Crippen LogP contribution in [0.3, 0.4) is 0 Å². The second-order valence-electron chi connectivity index (χ2n) is 5.34. The predicted octanol–water partition coefficient (Wildman–Crippen LogP) is 2.99. The molecule has 1 aromatic heterocycles. The first-order valence-electron chi connectivity index (χ1n) is 7.20. The lowest BCUT2D eigenvalue weighted by molar-refractivity contribution is -0.385. The number of nitrogens with zero attached hydrogens (tertiary/aromatic N) is 2. The van der Waals surface area contributed by atoms with E-state index in [-0.39, 0.29) is 24.1 Å². The predicted molar refractivity (Wildman–Crippen MR) is 88.4 cm³/mol. The van der Waals surface area contributed by atoms with Crippen molar-refractivity contribution in [2.45, 2.75) is 26.3 Å². The number of hydrogen-bond acceptors (Lipinski definition) is 5. The largest absolute Gasteiger partial charge is 0.368 e. The summed E-state index contributed by atoms with van der Waals surface area (Å²) in [5.74, 6) is 0.391. The van der Waals surface area contributed by atoms with E-state index in [9.17, 15) is 14.9 Å². The Kier molecular flexibility index (Phi) is 5.24. The highest BCUT2D eigenvalue weighted by Crippen LogP contribution is 2.19. The highest BCUT2D eigenvalue weighted by molar-refractivity contribution is 5.92. The van der Waals surface area contributed by atoms with Gasteiger partial charge in [0.15, 0.2) is 0 Å². The molecule has 1 aromatic carbocycles. The molecule has 120 valence electrons. The number of nitro benzene ring substituents is 1. The molecule has 0 saturated heterocycles. The molecule has 0 aliphatic carbocycles. The van der Waals surface area contributed by atoms with Crippen LogP contribution in [0.1, 0.15) is 19.4 Å². The number of rotatable bonds is 6. The molecule has 0 unspecified atom stereocenters. The van der Waals surface area contributed by atoms with Gasteiger partial charge in [-0.25, -0.2) is 4.98 Å². The number of pyridine rings is 1. The lowest BCUT2D eigenvalue weighted by atomic mass is 10.1. The van der Waals surface area contributed by atoms with E-state index in [1.165, 1.54) is 6.07 Å². The summed E-state index contributed by atoms with van der Waals surface area (Å²) in [4.78, 5) is 26.7. The smallest absolute Gasteiger partial charge is 0.273 e. The van der Waals surface area contributed by atoms with Crippen molar-refractivity contribution in [3.63, 3.8) is 0 Å². The summed E-state index contributed by atoms with van der Waals surface area (Å²) in [5.41, 5.74) is 0.862. The molecule has 0 fully saturated rings. The molecule has 2 rings (SSSR count). The molecule has 0 bridgehead atoms. The fraction of sp³-hybridized carbons (Fsp3) is 0.250. The zero-order chi connectivity index (χ0) is 16.8. The van der Waals surface area contributed by atoms with Gasteiger partial charge in [0.25, 0.3) is 5.69 Å². The van der Waals surface area contributed by atoms with E-state index in [4.69, 9.17) is 0 Å². The minimum absolute atomic E-state index is 0.0581. The zero-order valence-electron chi connectivity index (χ0n) is 12.9. The summed E-state index contributed by atoms with van der Waals surface area (Å²) in [6.07, 6.45) is 1.48. The number of carbonyl (C=O) groups is 1. The number of hydrogen-bond donors (Lipinski definition) is 2. The third kappa shape index (κ3) is 4.77. The molecule has 0 aliphatic heterocycles. The quantitative estimate of drug-likeness (QED) is 0.631. The minimum Gasteiger partial charge on any atom is -0.368 e. The molecular weight excluding hydrogens is 296 g/mol. The SMILES string of the molecule is CC(C)Nc1ccc(NC(=O)Cc2ccccc2[N+](=O)[O-])cn1. The van der Waals surface area contributed by atoms with E-state index in [2.05, 4.69) is 15.6 Å². The van der Waals surface area contributed by atoms with Gasteiger partial charge in [0.2, 0.25) is 5.91 Å². The zero-order valence-corrected chi connectivity index (χ0v) is 12.9. The number of aromatic nitrogens is 1. The van der Waals surface area contributed by atoms with Gasteiger partial charge in [0.1, 0.15) is 5.82 Å². The molecular formula is C16H18N4O3. The van der Waals surface area contributed by atoms with Gasteiger partial charge in [-0.3, -0.25) is 14.9 Å². The Balaban J connectivity index is 2.01. The van der Waals surface area contributed by atoms with Crippen molar-refractivity contribution in [1.82, 2.24) is 4.98 Å². The maximum absolute atomic E-state index is 12.0. The van der Waals surface area contributed by atoms with Crippen LogP contribution >= 0.6 is 0 Å². The fourth-order valence-electron chi connectivity index (χ4n) is 2.07. The van der Waals surface area contributed by atoms with Crippen molar-refractivity contribution < 1.29 is 9.72 Å². The minimum atomic E-state index is -0.490. The van der Waals surface area contributed by atoms with Gasteiger partial charge >= 0.3 is 0 Å². The number of para-hydroxylation sites is 1. The standard InChI is InChI=1S/C16H18N4O3/c1-11(2)18-15-8-7-13(10-17-15)19-16(21)9-12-5-3-4-6-14(12)20(22)23/h3-8,10-11H,9H2,1-2H3,(H,17,18)(H,19,21). The molecule has 1 heterocycles. The van der Waals surface area contributed by atoms with Crippen LogP contribution in [0, 0.1) is 10.1 Å². The Morgan fingerprint density at radius 3 is 2.61 bits per heavy atom. The Bertz CT molecular complexity index is 699. The third-order valence-corrected chi connectivity index (χ3v) is 3.02. The van der Waals surface area contributed by atoms with Gasteiger partial charge in [0.05, 0.1) is 23.2 Å². The molecule has 7 heteroatoms. The van der Waals surface area contributed by atoms with Crippen molar-refractivity contribution in [1.29, 1.82) is 0 Å².